The molecule has 11 heteroatoms. The molecule has 2 aromatic rings. The van der Waals surface area contributed by atoms with Crippen molar-refractivity contribution in [3.63, 3.8) is 0 Å². The molecule has 1 fully saturated rings. The molecule has 0 radical (unpaired) electrons. The number of aldehydes is 1. The molecule has 3 heterocycles. The second kappa shape index (κ2) is 8.32. The first-order valence-corrected chi connectivity index (χ1v) is 12.9. The topological polar surface area (TPSA) is 79.1 Å². The number of ether oxygens (including phenoxy) is 2. The van der Waals surface area contributed by atoms with Crippen molar-refractivity contribution in [2.75, 3.05) is 19.8 Å². The van der Waals surface area contributed by atoms with Gasteiger partial charge in [-0.1, -0.05) is 19.6 Å². The summed E-state index contributed by atoms with van der Waals surface area (Å²) in [6.45, 7) is 7.39. The van der Waals surface area contributed by atoms with Crippen LogP contribution >= 0.6 is 0 Å². The zero-order valence-corrected chi connectivity index (χ0v) is 17.5. The third-order valence-electron chi connectivity index (χ3n) is 4.62. The number of hydrogen-bond acceptors (Lipinski definition) is 6. The number of nitrogens with zero attached hydrogens (tertiary/aromatic N) is 4. The molecule has 0 spiro atoms. The second-order valence-electron chi connectivity index (χ2n) is 8.17. The average Bonchev–Trinajstić information content (AvgIpc) is 3.00. The van der Waals surface area contributed by atoms with Gasteiger partial charge in [-0.3, -0.25) is 14.3 Å². The molecular formula is C18H23F3N4O3Si. The van der Waals surface area contributed by atoms with Crippen LogP contribution in [0.25, 0.3) is 11.4 Å². The lowest BCUT2D eigenvalue weighted by molar-refractivity contribution is -0.149. The minimum Gasteiger partial charge on any atom is -0.380 e. The normalized spacial score (nSPS) is 15.4. The first-order chi connectivity index (χ1) is 13.6. The Morgan fingerprint density at radius 1 is 1.31 bits per heavy atom. The second-order valence-corrected chi connectivity index (χ2v) is 13.8. The van der Waals surface area contributed by atoms with Crippen molar-refractivity contribution in [3.05, 3.63) is 29.3 Å². The van der Waals surface area contributed by atoms with E-state index in [9.17, 15) is 18.0 Å². The molecule has 0 unspecified atom stereocenters. The monoisotopic (exact) mass is 428 g/mol. The van der Waals surface area contributed by atoms with E-state index in [-0.39, 0.29) is 24.2 Å². The van der Waals surface area contributed by atoms with Crippen LogP contribution in [0.4, 0.5) is 13.2 Å². The molecule has 0 aliphatic carbocycles. The van der Waals surface area contributed by atoms with Gasteiger partial charge >= 0.3 is 6.18 Å². The van der Waals surface area contributed by atoms with E-state index in [0.29, 0.717) is 37.2 Å². The van der Waals surface area contributed by atoms with Crippen molar-refractivity contribution >= 4 is 14.4 Å². The van der Waals surface area contributed by atoms with Crippen molar-refractivity contribution in [2.45, 2.75) is 44.5 Å². The van der Waals surface area contributed by atoms with Crippen LogP contribution in [-0.2, 0) is 22.4 Å². The quantitative estimate of drug-likeness (QED) is 0.363. The molecule has 0 saturated carbocycles. The summed E-state index contributed by atoms with van der Waals surface area (Å²) in [6.07, 6.45) is -2.72. The largest absolute Gasteiger partial charge is 0.451 e. The molecule has 1 aliphatic heterocycles. The average molecular weight is 428 g/mol. The Labute approximate surface area is 167 Å². The molecule has 2 aromatic heterocycles. The van der Waals surface area contributed by atoms with Gasteiger partial charge in [-0.2, -0.15) is 13.2 Å². The highest BCUT2D eigenvalue weighted by atomic mass is 28.3. The summed E-state index contributed by atoms with van der Waals surface area (Å²) in [6, 6.07) is 2.46. The van der Waals surface area contributed by atoms with Crippen LogP contribution in [-0.4, -0.2) is 53.9 Å². The maximum absolute atomic E-state index is 13.4. The summed E-state index contributed by atoms with van der Waals surface area (Å²) < 4.78 is 51.8. The van der Waals surface area contributed by atoms with Gasteiger partial charge in [0.05, 0.1) is 13.2 Å². The molecule has 29 heavy (non-hydrogen) atoms. The molecule has 1 saturated heterocycles. The first kappa shape index (κ1) is 21.6. The number of rotatable bonds is 8. The van der Waals surface area contributed by atoms with Gasteiger partial charge < -0.3 is 9.47 Å². The van der Waals surface area contributed by atoms with E-state index in [1.807, 2.05) is 0 Å². The molecule has 0 aromatic carbocycles. The fourth-order valence-electron chi connectivity index (χ4n) is 2.84. The van der Waals surface area contributed by atoms with Crippen molar-refractivity contribution in [3.8, 4) is 11.4 Å². The lowest BCUT2D eigenvalue weighted by Crippen LogP contribution is -2.26. The fourth-order valence-corrected chi connectivity index (χ4v) is 3.59. The fraction of sp³-hybridized carbons (Fsp3) is 0.556. The number of hydrogen-bond donors (Lipinski definition) is 0. The predicted octanol–water partition coefficient (Wildman–Crippen LogP) is 3.60. The van der Waals surface area contributed by atoms with Gasteiger partial charge in [0.1, 0.15) is 12.4 Å². The lowest BCUT2D eigenvalue weighted by atomic mass is 9.95. The van der Waals surface area contributed by atoms with Crippen molar-refractivity contribution in [1.29, 1.82) is 0 Å². The van der Waals surface area contributed by atoms with E-state index < -0.39 is 20.1 Å². The van der Waals surface area contributed by atoms with Gasteiger partial charge in [-0.15, -0.1) is 10.2 Å². The third-order valence-corrected chi connectivity index (χ3v) is 6.32. The number of aromatic nitrogens is 4. The first-order valence-electron chi connectivity index (χ1n) is 9.21. The van der Waals surface area contributed by atoms with Gasteiger partial charge in [-0.05, 0) is 17.7 Å². The van der Waals surface area contributed by atoms with Gasteiger partial charge in [0.15, 0.2) is 12.1 Å². The number of pyridine rings is 1. The van der Waals surface area contributed by atoms with E-state index in [2.05, 4.69) is 34.8 Å². The van der Waals surface area contributed by atoms with E-state index >= 15 is 0 Å². The Kier molecular flexibility index (Phi) is 6.20. The summed E-state index contributed by atoms with van der Waals surface area (Å²) in [5.74, 6) is -1.15. The molecule has 1 aliphatic rings. The minimum absolute atomic E-state index is 0.00299. The standard InChI is InChI=1S/C18H23F3N4O3Si/c1-29(2,3)5-4-27-11-25-16(23-24-17(25)18(19,20)21)12-6-14(13-9-28-10-13)15(8-26)22-7-12/h6-8,13H,4-5,9-11H2,1-3H3. The van der Waals surface area contributed by atoms with E-state index in [1.165, 1.54) is 6.20 Å². The predicted molar refractivity (Wildman–Crippen MR) is 101 cm³/mol. The maximum atomic E-state index is 13.4. The number of carbonyl (C=O) groups excluding carboxylic acids is 1. The Bertz CT molecular complexity index is 876. The number of carbonyl (C=O) groups is 1. The SMILES string of the molecule is C[Si](C)(C)CCOCn1c(-c2cnc(C=O)c(C3COC3)c2)nnc1C(F)(F)F. The smallest absolute Gasteiger partial charge is 0.380 e. The Morgan fingerprint density at radius 3 is 2.59 bits per heavy atom. The highest BCUT2D eigenvalue weighted by Gasteiger charge is 2.39. The summed E-state index contributed by atoms with van der Waals surface area (Å²) in [7, 11) is -1.38. The molecule has 158 valence electrons. The number of halogens is 3. The Hall–Kier alpha value is -2.11. The van der Waals surface area contributed by atoms with Crippen LogP contribution in [0.1, 0.15) is 27.8 Å². The van der Waals surface area contributed by atoms with Crippen LogP contribution < -0.4 is 0 Å². The van der Waals surface area contributed by atoms with Gasteiger partial charge in [0.25, 0.3) is 0 Å². The molecule has 0 N–H and O–H groups in total. The van der Waals surface area contributed by atoms with Gasteiger partial charge in [-0.25, -0.2) is 0 Å². The maximum Gasteiger partial charge on any atom is 0.451 e. The van der Waals surface area contributed by atoms with E-state index in [4.69, 9.17) is 9.47 Å². The van der Waals surface area contributed by atoms with E-state index in [0.717, 1.165) is 10.6 Å². The summed E-state index contributed by atoms with van der Waals surface area (Å²) in [5.41, 5.74) is 1.22. The van der Waals surface area contributed by atoms with Crippen molar-refractivity contribution in [2.24, 2.45) is 0 Å². The Balaban J connectivity index is 1.92. The third kappa shape index (κ3) is 5.09. The van der Waals surface area contributed by atoms with Crippen molar-refractivity contribution in [1.82, 2.24) is 19.7 Å². The summed E-state index contributed by atoms with van der Waals surface area (Å²) >= 11 is 0. The van der Waals surface area contributed by atoms with Gasteiger partial charge in [0, 0.05) is 32.4 Å². The van der Waals surface area contributed by atoms with Gasteiger partial charge in [0.2, 0.25) is 5.82 Å². The molecular weight excluding hydrogens is 405 g/mol. The lowest BCUT2D eigenvalue weighted by Gasteiger charge is -2.27. The van der Waals surface area contributed by atoms with Crippen LogP contribution in [0.15, 0.2) is 12.3 Å². The van der Waals surface area contributed by atoms with Crippen LogP contribution in [0.3, 0.4) is 0 Å². The summed E-state index contributed by atoms with van der Waals surface area (Å²) in [4.78, 5) is 15.4. The highest BCUT2D eigenvalue weighted by Crippen LogP contribution is 2.33. The van der Waals surface area contributed by atoms with Crippen LogP contribution in [0.5, 0.6) is 0 Å². The highest BCUT2D eigenvalue weighted by molar-refractivity contribution is 6.76. The summed E-state index contributed by atoms with van der Waals surface area (Å²) in [5, 5.41) is 7.08. The molecule has 7 nitrogen and oxygen atoms in total. The van der Waals surface area contributed by atoms with E-state index in [1.54, 1.807) is 6.07 Å². The van der Waals surface area contributed by atoms with Crippen molar-refractivity contribution < 1.29 is 27.4 Å². The van der Waals surface area contributed by atoms with Crippen LogP contribution in [0, 0.1) is 0 Å². The molecule has 3 rings (SSSR count). The zero-order chi connectivity index (χ0) is 21.2. The zero-order valence-electron chi connectivity index (χ0n) is 16.5. The molecule has 0 bridgehead atoms. The Morgan fingerprint density at radius 2 is 2.03 bits per heavy atom. The number of alkyl halides is 3. The minimum atomic E-state index is -4.67. The molecule has 0 amide bonds. The molecule has 0 atom stereocenters. The van der Waals surface area contributed by atoms with Crippen LogP contribution in [0.2, 0.25) is 25.7 Å².